The molecule has 0 bridgehead atoms. The van der Waals surface area contributed by atoms with Crippen molar-refractivity contribution in [3.63, 3.8) is 0 Å². The Morgan fingerprint density at radius 1 is 1.39 bits per heavy atom. The molecule has 0 aliphatic heterocycles. The highest BCUT2D eigenvalue weighted by Crippen LogP contribution is 2.26. The van der Waals surface area contributed by atoms with Gasteiger partial charge in [0.25, 0.3) is 0 Å². The highest BCUT2D eigenvalue weighted by atomic mass is 35.5. The first-order chi connectivity index (χ1) is 8.46. The van der Waals surface area contributed by atoms with E-state index in [1.165, 1.54) is 0 Å². The van der Waals surface area contributed by atoms with Gasteiger partial charge in [-0.05, 0) is 30.2 Å². The van der Waals surface area contributed by atoms with Crippen molar-refractivity contribution in [2.75, 3.05) is 11.6 Å². The maximum absolute atomic E-state index is 12.0. The topological polar surface area (TPSA) is 46.2 Å². The minimum Gasteiger partial charge on any atom is -0.212 e. The molecule has 18 heavy (non-hydrogen) atoms. The van der Waals surface area contributed by atoms with Crippen LogP contribution in [0.1, 0.15) is 37.6 Å². The zero-order valence-electron chi connectivity index (χ0n) is 10.7. The van der Waals surface area contributed by atoms with E-state index < -0.39 is 10.0 Å². The molecule has 0 saturated carbocycles. The quantitative estimate of drug-likeness (QED) is 0.591. The van der Waals surface area contributed by atoms with Crippen LogP contribution in [0.2, 0.25) is 0 Å². The molecule has 0 amide bonds. The van der Waals surface area contributed by atoms with Gasteiger partial charge >= 0.3 is 0 Å². The number of halogens is 1. The van der Waals surface area contributed by atoms with Crippen molar-refractivity contribution >= 4 is 33.0 Å². The molecule has 0 spiro atoms. The van der Waals surface area contributed by atoms with Gasteiger partial charge in [0.05, 0.1) is 11.8 Å². The lowest BCUT2D eigenvalue weighted by molar-refractivity contribution is 0.468. The van der Waals surface area contributed by atoms with Gasteiger partial charge in [-0.3, -0.25) is 0 Å². The van der Waals surface area contributed by atoms with E-state index in [9.17, 15) is 8.42 Å². The maximum Gasteiger partial charge on any atom is 0.212 e. The second-order valence-corrected chi connectivity index (χ2v) is 7.80. The van der Waals surface area contributed by atoms with Gasteiger partial charge < -0.3 is 0 Å². The number of unbranched alkanes of at least 4 members (excludes halogenated alkanes) is 1. The Hall–Kier alpha value is -0.100. The van der Waals surface area contributed by atoms with Crippen molar-refractivity contribution in [1.29, 1.82) is 0 Å². The molecular weight excluding hydrogens is 290 g/mol. The van der Waals surface area contributed by atoms with E-state index in [2.05, 4.69) is 4.72 Å². The largest absolute Gasteiger partial charge is 0.212 e. The maximum atomic E-state index is 12.0. The zero-order valence-corrected chi connectivity index (χ0v) is 13.1. The molecule has 0 aromatic carbocycles. The number of nitrogens with one attached hydrogen (secondary N) is 1. The molecule has 0 saturated heterocycles. The molecule has 6 heteroatoms. The summed E-state index contributed by atoms with van der Waals surface area (Å²) in [5, 5.41) is 1.96. The standard InChI is InChI=1S/C12H20ClNO2S2/c1-10(2)12(11-6-5-8-17-11)14-18(15,16)9-4-3-7-13/h5-6,8,10,12,14H,3-4,7,9H2,1-2H3. The lowest BCUT2D eigenvalue weighted by Gasteiger charge is -2.21. The average Bonchev–Trinajstić information content (AvgIpc) is 2.79. The van der Waals surface area contributed by atoms with Crippen LogP contribution in [0.4, 0.5) is 0 Å². The molecule has 3 nitrogen and oxygen atoms in total. The van der Waals surface area contributed by atoms with Crippen LogP contribution in [0.15, 0.2) is 17.5 Å². The number of alkyl halides is 1. The molecule has 0 aliphatic rings. The summed E-state index contributed by atoms with van der Waals surface area (Å²) in [6.45, 7) is 4.04. The van der Waals surface area contributed by atoms with Gasteiger partial charge in [-0.25, -0.2) is 13.1 Å². The summed E-state index contributed by atoms with van der Waals surface area (Å²) in [5.41, 5.74) is 0. The number of sulfonamides is 1. The van der Waals surface area contributed by atoms with Crippen LogP contribution in [0.25, 0.3) is 0 Å². The fourth-order valence-electron chi connectivity index (χ4n) is 1.63. The first-order valence-electron chi connectivity index (χ1n) is 6.05. The number of thiophene rings is 1. The minimum absolute atomic E-state index is 0.133. The molecule has 1 atom stereocenters. The van der Waals surface area contributed by atoms with Gasteiger partial charge in [0.15, 0.2) is 0 Å². The molecule has 1 aromatic heterocycles. The Balaban J connectivity index is 2.67. The van der Waals surface area contributed by atoms with E-state index in [0.717, 1.165) is 11.3 Å². The van der Waals surface area contributed by atoms with Gasteiger partial charge in [-0.15, -0.1) is 22.9 Å². The van der Waals surface area contributed by atoms with Gasteiger partial charge in [0.2, 0.25) is 10.0 Å². The highest BCUT2D eigenvalue weighted by Gasteiger charge is 2.22. The third kappa shape index (κ3) is 5.26. The molecule has 1 aromatic rings. The smallest absolute Gasteiger partial charge is 0.212 e. The van der Waals surface area contributed by atoms with Crippen LogP contribution in [0.5, 0.6) is 0 Å². The summed E-state index contributed by atoms with van der Waals surface area (Å²) in [6.07, 6.45) is 1.34. The van der Waals surface area contributed by atoms with Crippen LogP contribution < -0.4 is 4.72 Å². The molecule has 0 radical (unpaired) electrons. The molecule has 1 N–H and O–H groups in total. The van der Waals surface area contributed by atoms with E-state index in [-0.39, 0.29) is 17.7 Å². The van der Waals surface area contributed by atoms with Crippen molar-refractivity contribution in [2.24, 2.45) is 5.92 Å². The number of rotatable bonds is 8. The first kappa shape index (κ1) is 16.0. The normalized spacial score (nSPS) is 14.0. The Morgan fingerprint density at radius 3 is 2.61 bits per heavy atom. The molecule has 1 rings (SSSR count). The fraction of sp³-hybridized carbons (Fsp3) is 0.667. The Labute approximate surface area is 119 Å². The van der Waals surface area contributed by atoms with E-state index in [1.807, 2.05) is 31.4 Å². The minimum atomic E-state index is -3.23. The SMILES string of the molecule is CC(C)C(NS(=O)(=O)CCCCCl)c1cccs1. The van der Waals surface area contributed by atoms with Crippen LogP contribution >= 0.6 is 22.9 Å². The zero-order chi connectivity index (χ0) is 13.6. The Bertz CT molecular complexity index is 429. The van der Waals surface area contributed by atoms with Crippen molar-refractivity contribution < 1.29 is 8.42 Å². The first-order valence-corrected chi connectivity index (χ1v) is 9.12. The molecule has 0 aliphatic carbocycles. The summed E-state index contributed by atoms with van der Waals surface area (Å²) in [6, 6.07) is 3.78. The molecule has 1 unspecified atom stereocenters. The summed E-state index contributed by atoms with van der Waals surface area (Å²) < 4.78 is 26.7. The summed E-state index contributed by atoms with van der Waals surface area (Å²) in [5.74, 6) is 0.883. The van der Waals surface area contributed by atoms with E-state index in [0.29, 0.717) is 12.3 Å². The lowest BCUT2D eigenvalue weighted by Crippen LogP contribution is -2.33. The lowest BCUT2D eigenvalue weighted by atomic mass is 10.0. The van der Waals surface area contributed by atoms with Gasteiger partial charge in [0.1, 0.15) is 0 Å². The predicted molar refractivity (Wildman–Crippen MR) is 78.8 cm³/mol. The molecular formula is C12H20ClNO2S2. The summed E-state index contributed by atoms with van der Waals surface area (Å²) in [4.78, 5) is 1.06. The predicted octanol–water partition coefficient (Wildman–Crippen LogP) is 3.38. The van der Waals surface area contributed by atoms with Crippen LogP contribution in [-0.2, 0) is 10.0 Å². The van der Waals surface area contributed by atoms with E-state index in [4.69, 9.17) is 11.6 Å². The summed E-state index contributed by atoms with van der Waals surface area (Å²) >= 11 is 7.13. The van der Waals surface area contributed by atoms with Gasteiger partial charge in [-0.2, -0.15) is 0 Å². The van der Waals surface area contributed by atoms with Gasteiger partial charge in [-0.1, -0.05) is 19.9 Å². The monoisotopic (exact) mass is 309 g/mol. The van der Waals surface area contributed by atoms with Crippen LogP contribution in [-0.4, -0.2) is 20.1 Å². The Morgan fingerprint density at radius 2 is 2.11 bits per heavy atom. The number of hydrogen-bond acceptors (Lipinski definition) is 3. The van der Waals surface area contributed by atoms with E-state index >= 15 is 0 Å². The molecule has 104 valence electrons. The molecule has 0 fully saturated rings. The van der Waals surface area contributed by atoms with Crippen LogP contribution in [0, 0.1) is 5.92 Å². The third-order valence-corrected chi connectivity index (χ3v) is 5.28. The highest BCUT2D eigenvalue weighted by molar-refractivity contribution is 7.89. The molecule has 1 heterocycles. The second-order valence-electron chi connectivity index (χ2n) is 4.57. The van der Waals surface area contributed by atoms with Crippen molar-refractivity contribution in [2.45, 2.75) is 32.7 Å². The van der Waals surface area contributed by atoms with Crippen molar-refractivity contribution in [1.82, 2.24) is 4.72 Å². The van der Waals surface area contributed by atoms with E-state index in [1.54, 1.807) is 11.3 Å². The van der Waals surface area contributed by atoms with Crippen molar-refractivity contribution in [3.05, 3.63) is 22.4 Å². The van der Waals surface area contributed by atoms with Crippen LogP contribution in [0.3, 0.4) is 0 Å². The third-order valence-electron chi connectivity index (χ3n) is 2.62. The average molecular weight is 310 g/mol. The Kier molecular flexibility index (Phi) is 6.63. The second kappa shape index (κ2) is 7.48. The number of hydrogen-bond donors (Lipinski definition) is 1. The van der Waals surface area contributed by atoms with Crippen molar-refractivity contribution in [3.8, 4) is 0 Å². The summed E-state index contributed by atoms with van der Waals surface area (Å²) in [7, 11) is -3.23. The fourth-order valence-corrected chi connectivity index (χ4v) is 4.33. The van der Waals surface area contributed by atoms with Gasteiger partial charge in [0, 0.05) is 10.8 Å².